The van der Waals surface area contributed by atoms with Crippen LogP contribution in [0.4, 0.5) is 31.9 Å². The first-order valence-corrected chi connectivity index (χ1v) is 11.7. The van der Waals surface area contributed by atoms with E-state index in [1.54, 1.807) is 17.0 Å². The molecule has 38 heavy (non-hydrogen) atoms. The number of fused-ring (bicyclic) bond motifs is 1. The number of nitrogens with one attached hydrogen (secondary N) is 2. The average Bonchev–Trinajstić information content (AvgIpc) is 2.92. The molecule has 11 nitrogen and oxygen atoms in total. The summed E-state index contributed by atoms with van der Waals surface area (Å²) in [5, 5.41) is 5.36. The molecule has 1 aliphatic heterocycles. The fourth-order valence-corrected chi connectivity index (χ4v) is 4.05. The Morgan fingerprint density at radius 1 is 1.08 bits per heavy atom. The minimum atomic E-state index is -1.06. The number of rotatable bonds is 6. The zero-order valence-corrected chi connectivity index (χ0v) is 20.4. The molecule has 1 fully saturated rings. The van der Waals surface area contributed by atoms with Gasteiger partial charge in [-0.1, -0.05) is 6.58 Å². The number of carbonyl (C=O) groups excluding carboxylic acids is 1. The number of nitrogens with zero attached hydrogens (tertiary/aromatic N) is 7. The first-order valence-electron chi connectivity index (χ1n) is 11.7. The van der Waals surface area contributed by atoms with Crippen molar-refractivity contribution < 1.29 is 13.6 Å². The second kappa shape index (κ2) is 10.3. The number of pyridine rings is 1. The largest absolute Gasteiger partial charge is 0.367 e. The molecule has 1 amide bonds. The quantitative estimate of drug-likeness (QED) is 0.370. The Morgan fingerprint density at radius 3 is 2.63 bits per heavy atom. The highest BCUT2D eigenvalue weighted by molar-refractivity contribution is 5.98. The van der Waals surface area contributed by atoms with Gasteiger partial charge in [-0.3, -0.25) is 14.2 Å². The summed E-state index contributed by atoms with van der Waals surface area (Å²) in [7, 11) is 1.98. The van der Waals surface area contributed by atoms with Gasteiger partial charge in [-0.25, -0.2) is 18.7 Å². The number of hydrogen-bond donors (Lipinski definition) is 2. The third-order valence-corrected chi connectivity index (χ3v) is 6.13. The minimum absolute atomic E-state index is 0.0586. The third-order valence-electron chi connectivity index (χ3n) is 6.13. The molecule has 4 heterocycles. The molecule has 5 rings (SSSR count). The molecule has 0 radical (unpaired) electrons. The van der Waals surface area contributed by atoms with Crippen LogP contribution in [0.3, 0.4) is 0 Å². The van der Waals surface area contributed by atoms with Gasteiger partial charge in [-0.2, -0.15) is 9.97 Å². The molecule has 13 heteroatoms. The number of carbonyl (C=O) groups is 1. The molecule has 1 saturated heterocycles. The SMILES string of the molecule is C=CC(=O)Nc1cc(-n2cnc(=O)c3cnc(Nc4ccc(N5CCN(C)CC5)c(F)c4F)nc32)ccn1. The van der Waals surface area contributed by atoms with Crippen molar-refractivity contribution in [3.05, 3.63) is 77.6 Å². The van der Waals surface area contributed by atoms with E-state index in [0.29, 0.717) is 18.8 Å². The van der Waals surface area contributed by atoms with Crippen LogP contribution >= 0.6 is 0 Å². The highest BCUT2D eigenvalue weighted by Crippen LogP contribution is 2.29. The molecular weight excluding hydrogens is 496 g/mol. The number of halogens is 2. The monoisotopic (exact) mass is 519 g/mol. The minimum Gasteiger partial charge on any atom is -0.367 e. The predicted molar refractivity (Wildman–Crippen MR) is 139 cm³/mol. The average molecular weight is 520 g/mol. The van der Waals surface area contributed by atoms with E-state index in [1.807, 2.05) is 7.05 Å². The zero-order chi connectivity index (χ0) is 26.8. The predicted octanol–water partition coefficient (Wildman–Crippen LogP) is 2.47. The molecule has 0 saturated carbocycles. The van der Waals surface area contributed by atoms with E-state index in [-0.39, 0.29) is 34.2 Å². The van der Waals surface area contributed by atoms with Crippen molar-refractivity contribution in [2.45, 2.75) is 0 Å². The Bertz CT molecular complexity index is 1600. The summed E-state index contributed by atoms with van der Waals surface area (Å²) >= 11 is 0. The maximum absolute atomic E-state index is 15.0. The summed E-state index contributed by atoms with van der Waals surface area (Å²) in [5.41, 5.74) is 0.115. The van der Waals surface area contributed by atoms with Gasteiger partial charge in [0.25, 0.3) is 5.56 Å². The molecule has 194 valence electrons. The van der Waals surface area contributed by atoms with Crippen molar-refractivity contribution in [1.82, 2.24) is 29.4 Å². The second-order valence-corrected chi connectivity index (χ2v) is 8.62. The number of amides is 1. The number of piperazine rings is 1. The van der Waals surface area contributed by atoms with E-state index < -0.39 is 23.1 Å². The van der Waals surface area contributed by atoms with Gasteiger partial charge in [0.05, 0.1) is 17.1 Å². The van der Waals surface area contributed by atoms with Crippen molar-refractivity contribution in [2.24, 2.45) is 0 Å². The highest BCUT2D eigenvalue weighted by Gasteiger charge is 2.22. The third kappa shape index (κ3) is 4.91. The van der Waals surface area contributed by atoms with E-state index >= 15 is 4.39 Å². The van der Waals surface area contributed by atoms with Gasteiger partial charge in [0, 0.05) is 44.6 Å². The molecule has 2 N–H and O–H groups in total. The molecule has 0 spiro atoms. The van der Waals surface area contributed by atoms with Crippen LogP contribution in [0, 0.1) is 11.6 Å². The number of anilines is 4. The Labute approximate surface area is 215 Å². The standard InChI is InChI=1S/C25H23F2N9O2/c1-3-20(37)32-19-12-15(6-7-28-19)36-14-30-24(38)16-13-29-25(33-23(16)36)31-17-4-5-18(22(27)21(17)26)35-10-8-34(2)9-11-35/h3-7,12-14H,1,8-11H2,2H3,(H,28,32,37)(H,29,31,33). The van der Waals surface area contributed by atoms with Gasteiger partial charge >= 0.3 is 0 Å². The van der Waals surface area contributed by atoms with Crippen LogP contribution in [0.1, 0.15) is 0 Å². The van der Waals surface area contributed by atoms with Crippen LogP contribution in [0.15, 0.2) is 60.4 Å². The molecule has 0 bridgehead atoms. The van der Waals surface area contributed by atoms with E-state index in [0.717, 1.165) is 19.2 Å². The van der Waals surface area contributed by atoms with Crippen LogP contribution < -0.4 is 21.1 Å². The highest BCUT2D eigenvalue weighted by atomic mass is 19.2. The Balaban J connectivity index is 1.48. The van der Waals surface area contributed by atoms with E-state index in [4.69, 9.17) is 0 Å². The normalized spacial score (nSPS) is 13.9. The summed E-state index contributed by atoms with van der Waals surface area (Å²) in [6.45, 7) is 6.09. The first kappa shape index (κ1) is 24.9. The van der Waals surface area contributed by atoms with Crippen LogP contribution in [0.5, 0.6) is 0 Å². The molecule has 0 aliphatic carbocycles. The second-order valence-electron chi connectivity index (χ2n) is 8.62. The summed E-state index contributed by atoms with van der Waals surface area (Å²) in [5.74, 6) is -2.29. The van der Waals surface area contributed by atoms with Crippen LogP contribution in [-0.2, 0) is 4.79 Å². The maximum Gasteiger partial charge on any atom is 0.283 e. The number of benzene rings is 1. The molecule has 3 aromatic heterocycles. The fourth-order valence-electron chi connectivity index (χ4n) is 4.05. The van der Waals surface area contributed by atoms with Crippen LogP contribution in [0.25, 0.3) is 16.7 Å². The lowest BCUT2D eigenvalue weighted by molar-refractivity contribution is -0.111. The lowest BCUT2D eigenvalue weighted by Gasteiger charge is -2.34. The van der Waals surface area contributed by atoms with Gasteiger partial charge in [0.1, 0.15) is 17.5 Å². The van der Waals surface area contributed by atoms with Crippen molar-refractivity contribution in [3.8, 4) is 5.69 Å². The summed E-state index contributed by atoms with van der Waals surface area (Å²) in [6, 6.07) is 6.12. The summed E-state index contributed by atoms with van der Waals surface area (Å²) in [4.78, 5) is 44.4. The molecule has 4 aromatic rings. The Hall–Kier alpha value is -4.78. The zero-order valence-electron chi connectivity index (χ0n) is 20.4. The topological polar surface area (TPSA) is 121 Å². The van der Waals surface area contributed by atoms with Gasteiger partial charge in [0.2, 0.25) is 11.9 Å². The van der Waals surface area contributed by atoms with Crippen LogP contribution in [-0.4, -0.2) is 68.5 Å². The maximum atomic E-state index is 15.0. The number of hydrogen-bond acceptors (Lipinski definition) is 9. The van der Waals surface area contributed by atoms with E-state index in [2.05, 4.69) is 42.0 Å². The summed E-state index contributed by atoms with van der Waals surface area (Å²) < 4.78 is 31.5. The molecule has 0 unspecified atom stereocenters. The smallest absolute Gasteiger partial charge is 0.283 e. The summed E-state index contributed by atoms with van der Waals surface area (Å²) in [6.07, 6.45) is 5.08. The fraction of sp³-hybridized carbons (Fsp3) is 0.200. The van der Waals surface area contributed by atoms with Crippen molar-refractivity contribution >= 4 is 40.1 Å². The van der Waals surface area contributed by atoms with Crippen molar-refractivity contribution in [2.75, 3.05) is 48.8 Å². The molecule has 1 aliphatic rings. The molecular formula is C25H23F2N9O2. The Morgan fingerprint density at radius 2 is 1.87 bits per heavy atom. The number of likely N-dealkylation sites (N-methyl/N-ethyl adjacent to an activating group) is 1. The van der Waals surface area contributed by atoms with Crippen molar-refractivity contribution in [1.29, 1.82) is 0 Å². The first-order chi connectivity index (χ1) is 18.3. The Kier molecular flexibility index (Phi) is 6.75. The van der Waals surface area contributed by atoms with E-state index in [1.165, 1.54) is 35.4 Å². The molecule has 1 aromatic carbocycles. The van der Waals surface area contributed by atoms with Crippen molar-refractivity contribution in [3.63, 3.8) is 0 Å². The van der Waals surface area contributed by atoms with E-state index in [9.17, 15) is 14.0 Å². The lowest BCUT2D eigenvalue weighted by Crippen LogP contribution is -2.44. The lowest BCUT2D eigenvalue weighted by atomic mass is 10.2. The van der Waals surface area contributed by atoms with Gasteiger partial charge in [-0.05, 0) is 31.3 Å². The van der Waals surface area contributed by atoms with Crippen LogP contribution in [0.2, 0.25) is 0 Å². The van der Waals surface area contributed by atoms with Gasteiger partial charge in [-0.15, -0.1) is 0 Å². The van der Waals surface area contributed by atoms with Gasteiger partial charge in [0.15, 0.2) is 17.3 Å². The molecule has 0 atom stereocenters. The van der Waals surface area contributed by atoms with Gasteiger partial charge < -0.3 is 20.4 Å². The number of aromatic nitrogens is 5.